The molecular formula is C18H23NO2S. The Balaban J connectivity index is 1.89. The zero-order valence-electron chi connectivity index (χ0n) is 13.2. The van der Waals surface area contributed by atoms with Crippen LogP contribution in [0.25, 0.3) is 10.1 Å². The monoisotopic (exact) mass is 317 g/mol. The fourth-order valence-electron chi connectivity index (χ4n) is 3.43. The van der Waals surface area contributed by atoms with Crippen molar-refractivity contribution in [2.45, 2.75) is 26.7 Å². The number of carbonyl (C=O) groups excluding carboxylic acids is 1. The molecule has 0 radical (unpaired) electrons. The maximum absolute atomic E-state index is 13.0. The van der Waals surface area contributed by atoms with E-state index >= 15 is 0 Å². The standard InChI is InChI=1S/C18H23NO2S/c1-13(2)18(12-20)8-5-9-19(11-18)17(21)15-10-22-16-7-4-3-6-14(15)16/h3-4,6-7,10,13,20H,5,8-9,11-12H2,1-2H3/t18-/m1/s1. The van der Waals surface area contributed by atoms with Crippen molar-refractivity contribution in [2.24, 2.45) is 11.3 Å². The van der Waals surface area contributed by atoms with Gasteiger partial charge in [0, 0.05) is 34.0 Å². The molecule has 1 aromatic heterocycles. The lowest BCUT2D eigenvalue weighted by molar-refractivity contribution is 0.000800. The fourth-order valence-corrected chi connectivity index (χ4v) is 4.36. The molecule has 1 amide bonds. The first-order chi connectivity index (χ1) is 10.6. The van der Waals surface area contributed by atoms with Crippen molar-refractivity contribution in [1.82, 2.24) is 4.90 Å². The SMILES string of the molecule is CC(C)[C@]1(CO)CCCN(C(=O)c2csc3ccccc23)C1. The van der Waals surface area contributed by atoms with Crippen molar-refractivity contribution in [3.8, 4) is 0 Å². The fraction of sp³-hybridized carbons (Fsp3) is 0.500. The maximum Gasteiger partial charge on any atom is 0.255 e. The Kier molecular flexibility index (Phi) is 4.24. The summed E-state index contributed by atoms with van der Waals surface area (Å²) in [7, 11) is 0. The molecular weight excluding hydrogens is 294 g/mol. The zero-order valence-corrected chi connectivity index (χ0v) is 14.0. The number of aliphatic hydroxyl groups is 1. The molecule has 0 aliphatic carbocycles. The molecule has 0 saturated carbocycles. The van der Waals surface area contributed by atoms with Gasteiger partial charge in [-0.2, -0.15) is 0 Å². The van der Waals surface area contributed by atoms with Crippen molar-refractivity contribution in [3.63, 3.8) is 0 Å². The normalized spacial score (nSPS) is 22.5. The number of rotatable bonds is 3. The smallest absolute Gasteiger partial charge is 0.255 e. The Morgan fingerprint density at radius 1 is 1.41 bits per heavy atom. The van der Waals surface area contributed by atoms with Crippen LogP contribution in [-0.2, 0) is 0 Å². The number of nitrogens with zero attached hydrogens (tertiary/aromatic N) is 1. The van der Waals surface area contributed by atoms with E-state index in [4.69, 9.17) is 0 Å². The second kappa shape index (κ2) is 6.01. The number of hydrogen-bond donors (Lipinski definition) is 1. The minimum atomic E-state index is -0.153. The Bertz CT molecular complexity index is 679. The van der Waals surface area contributed by atoms with Gasteiger partial charge in [-0.25, -0.2) is 0 Å². The van der Waals surface area contributed by atoms with E-state index in [1.165, 1.54) is 0 Å². The van der Waals surface area contributed by atoms with E-state index in [1.807, 2.05) is 28.5 Å². The predicted molar refractivity (Wildman–Crippen MR) is 91.3 cm³/mol. The summed E-state index contributed by atoms with van der Waals surface area (Å²) in [6, 6.07) is 8.06. The summed E-state index contributed by atoms with van der Waals surface area (Å²) in [5.74, 6) is 0.475. The molecule has 1 N–H and O–H groups in total. The quantitative estimate of drug-likeness (QED) is 0.936. The molecule has 22 heavy (non-hydrogen) atoms. The molecule has 1 saturated heterocycles. The van der Waals surface area contributed by atoms with Gasteiger partial charge in [0.25, 0.3) is 5.91 Å². The topological polar surface area (TPSA) is 40.5 Å². The van der Waals surface area contributed by atoms with E-state index in [9.17, 15) is 9.90 Å². The van der Waals surface area contributed by atoms with Gasteiger partial charge in [-0.05, 0) is 24.8 Å². The van der Waals surface area contributed by atoms with E-state index in [2.05, 4.69) is 19.9 Å². The van der Waals surface area contributed by atoms with E-state index in [0.29, 0.717) is 12.5 Å². The highest BCUT2D eigenvalue weighted by atomic mass is 32.1. The highest BCUT2D eigenvalue weighted by molar-refractivity contribution is 7.17. The van der Waals surface area contributed by atoms with Crippen LogP contribution in [0, 0.1) is 11.3 Å². The molecule has 4 heteroatoms. The van der Waals surface area contributed by atoms with Crippen LogP contribution in [0.4, 0.5) is 0 Å². The lowest BCUT2D eigenvalue weighted by atomic mass is 9.72. The molecule has 1 aliphatic heterocycles. The summed E-state index contributed by atoms with van der Waals surface area (Å²) in [5.41, 5.74) is 0.651. The van der Waals surface area contributed by atoms with Gasteiger partial charge in [0.05, 0.1) is 12.2 Å². The van der Waals surface area contributed by atoms with E-state index in [1.54, 1.807) is 11.3 Å². The van der Waals surface area contributed by atoms with Crippen LogP contribution in [0.5, 0.6) is 0 Å². The zero-order chi connectivity index (χ0) is 15.7. The van der Waals surface area contributed by atoms with E-state index in [-0.39, 0.29) is 17.9 Å². The van der Waals surface area contributed by atoms with Crippen LogP contribution in [0.3, 0.4) is 0 Å². The van der Waals surface area contributed by atoms with Crippen molar-refractivity contribution < 1.29 is 9.90 Å². The molecule has 1 aromatic carbocycles. The van der Waals surface area contributed by atoms with Crippen LogP contribution in [0.1, 0.15) is 37.0 Å². The molecule has 0 bridgehead atoms. The molecule has 2 aromatic rings. The van der Waals surface area contributed by atoms with Gasteiger partial charge < -0.3 is 10.0 Å². The van der Waals surface area contributed by atoms with Gasteiger partial charge in [0.2, 0.25) is 0 Å². The molecule has 1 atom stereocenters. The summed E-state index contributed by atoms with van der Waals surface area (Å²) in [6.07, 6.45) is 1.96. The summed E-state index contributed by atoms with van der Waals surface area (Å²) < 4.78 is 1.15. The number of thiophene rings is 1. The number of hydrogen-bond acceptors (Lipinski definition) is 3. The van der Waals surface area contributed by atoms with Gasteiger partial charge in [-0.1, -0.05) is 32.0 Å². The summed E-state index contributed by atoms with van der Waals surface area (Å²) in [4.78, 5) is 14.9. The highest BCUT2D eigenvalue weighted by Crippen LogP contribution is 2.38. The summed E-state index contributed by atoms with van der Waals surface area (Å²) in [6.45, 7) is 5.88. The molecule has 0 spiro atoms. The third-order valence-corrected chi connectivity index (χ3v) is 6.11. The Hall–Kier alpha value is -1.39. The van der Waals surface area contributed by atoms with Crippen LogP contribution in [-0.4, -0.2) is 35.6 Å². The molecule has 2 heterocycles. The Morgan fingerprint density at radius 2 is 2.18 bits per heavy atom. The minimum absolute atomic E-state index is 0.107. The molecule has 3 nitrogen and oxygen atoms in total. The van der Waals surface area contributed by atoms with Crippen molar-refractivity contribution in [1.29, 1.82) is 0 Å². The van der Waals surface area contributed by atoms with Crippen LogP contribution >= 0.6 is 11.3 Å². The number of likely N-dealkylation sites (tertiary alicyclic amines) is 1. The number of carbonyl (C=O) groups is 1. The molecule has 0 unspecified atom stereocenters. The third kappa shape index (κ3) is 2.55. The third-order valence-electron chi connectivity index (χ3n) is 5.15. The Labute approximate surface area is 135 Å². The van der Waals surface area contributed by atoms with Gasteiger partial charge in [0.15, 0.2) is 0 Å². The maximum atomic E-state index is 13.0. The van der Waals surface area contributed by atoms with Crippen LogP contribution in [0.15, 0.2) is 29.6 Å². The average molecular weight is 317 g/mol. The highest BCUT2D eigenvalue weighted by Gasteiger charge is 2.39. The van der Waals surface area contributed by atoms with Gasteiger partial charge >= 0.3 is 0 Å². The minimum Gasteiger partial charge on any atom is -0.396 e. The number of benzene rings is 1. The number of aliphatic hydroxyl groups excluding tert-OH is 1. The second-order valence-electron chi connectivity index (χ2n) is 6.65. The second-order valence-corrected chi connectivity index (χ2v) is 7.56. The molecule has 118 valence electrons. The predicted octanol–water partition coefficient (Wildman–Crippen LogP) is 3.77. The van der Waals surface area contributed by atoms with E-state index in [0.717, 1.165) is 35.0 Å². The molecule has 1 aliphatic rings. The number of fused-ring (bicyclic) bond motifs is 1. The van der Waals surface area contributed by atoms with Crippen molar-refractivity contribution in [2.75, 3.05) is 19.7 Å². The molecule has 1 fully saturated rings. The lowest BCUT2D eigenvalue weighted by Gasteiger charge is -2.44. The largest absolute Gasteiger partial charge is 0.396 e. The van der Waals surface area contributed by atoms with Crippen molar-refractivity contribution in [3.05, 3.63) is 35.2 Å². The van der Waals surface area contributed by atoms with Crippen LogP contribution < -0.4 is 0 Å². The number of amides is 1. The average Bonchev–Trinajstić information content (AvgIpc) is 2.98. The number of piperidine rings is 1. The van der Waals surface area contributed by atoms with Gasteiger partial charge in [-0.3, -0.25) is 4.79 Å². The van der Waals surface area contributed by atoms with Crippen LogP contribution in [0.2, 0.25) is 0 Å². The van der Waals surface area contributed by atoms with Crippen molar-refractivity contribution >= 4 is 27.3 Å². The Morgan fingerprint density at radius 3 is 2.91 bits per heavy atom. The van der Waals surface area contributed by atoms with E-state index < -0.39 is 0 Å². The first-order valence-corrected chi connectivity index (χ1v) is 8.82. The summed E-state index contributed by atoms with van der Waals surface area (Å²) in [5, 5.41) is 12.9. The first-order valence-electron chi connectivity index (χ1n) is 7.94. The first kappa shape index (κ1) is 15.5. The lowest BCUT2D eigenvalue weighted by Crippen LogP contribution is -2.50. The summed E-state index contributed by atoms with van der Waals surface area (Å²) >= 11 is 1.62. The van der Waals surface area contributed by atoms with Gasteiger partial charge in [-0.15, -0.1) is 11.3 Å². The molecule has 3 rings (SSSR count). The van der Waals surface area contributed by atoms with Gasteiger partial charge in [0.1, 0.15) is 0 Å².